The topological polar surface area (TPSA) is 38.4 Å². The molecule has 0 aromatic heterocycles. The van der Waals surface area contributed by atoms with Gasteiger partial charge in [-0.1, -0.05) is 34.8 Å². The molecule has 0 bridgehead atoms. The number of amidine groups is 1. The Balaban J connectivity index is 3.21. The molecule has 70 valence electrons. The zero-order chi connectivity index (χ0) is 10.0. The molecule has 0 unspecified atom stereocenters. The first kappa shape index (κ1) is 10.6. The molecule has 0 saturated heterocycles. The molecule has 0 atom stereocenters. The van der Waals surface area contributed by atoms with Gasteiger partial charge < -0.3 is 5.73 Å². The van der Waals surface area contributed by atoms with Crippen LogP contribution in [0.4, 0.5) is 5.69 Å². The largest absolute Gasteiger partial charge is 0.387 e. The molecule has 0 aliphatic carbocycles. The molecular weight excluding hydrogens is 230 g/mol. The Kier molecular flexibility index (Phi) is 3.42. The number of benzene rings is 1. The van der Waals surface area contributed by atoms with Crippen LogP contribution in [-0.4, -0.2) is 5.84 Å². The molecule has 0 aliphatic heterocycles. The summed E-state index contributed by atoms with van der Waals surface area (Å²) in [6, 6.07) is 3.21. The Labute approximate surface area is 91.3 Å². The quantitative estimate of drug-likeness (QED) is 0.452. The van der Waals surface area contributed by atoms with Crippen molar-refractivity contribution < 1.29 is 0 Å². The lowest BCUT2D eigenvalue weighted by Crippen LogP contribution is -2.03. The van der Waals surface area contributed by atoms with Gasteiger partial charge in [0.25, 0.3) is 0 Å². The second-order valence-electron chi connectivity index (χ2n) is 2.48. The average molecular weight is 238 g/mol. The molecule has 5 heteroatoms. The SMILES string of the molecule is CC(N)=Nc1cc(Cl)c(Cl)c(Cl)c1. The second kappa shape index (κ2) is 4.18. The van der Waals surface area contributed by atoms with Crippen LogP contribution in [0.1, 0.15) is 6.92 Å². The van der Waals surface area contributed by atoms with Crippen LogP contribution in [0.3, 0.4) is 0 Å². The van der Waals surface area contributed by atoms with E-state index in [-0.39, 0.29) is 0 Å². The molecule has 1 aromatic rings. The molecule has 0 radical (unpaired) electrons. The summed E-state index contributed by atoms with van der Waals surface area (Å²) in [6.07, 6.45) is 0. The average Bonchev–Trinajstić information content (AvgIpc) is 1.98. The predicted octanol–water partition coefficient (Wildman–Crippen LogP) is 3.66. The fraction of sp³-hybridized carbons (Fsp3) is 0.125. The number of nitrogens with zero attached hydrogens (tertiary/aromatic N) is 1. The van der Waals surface area contributed by atoms with Gasteiger partial charge in [-0.3, -0.25) is 0 Å². The van der Waals surface area contributed by atoms with Crippen molar-refractivity contribution in [3.05, 3.63) is 27.2 Å². The van der Waals surface area contributed by atoms with Gasteiger partial charge in [0.05, 0.1) is 26.6 Å². The van der Waals surface area contributed by atoms with Gasteiger partial charge in [0.15, 0.2) is 0 Å². The number of rotatable bonds is 1. The zero-order valence-electron chi connectivity index (χ0n) is 6.81. The maximum Gasteiger partial charge on any atom is 0.0964 e. The molecule has 0 fully saturated rings. The van der Waals surface area contributed by atoms with Gasteiger partial charge in [0.1, 0.15) is 0 Å². The van der Waals surface area contributed by atoms with E-state index in [2.05, 4.69) is 4.99 Å². The molecule has 1 aromatic carbocycles. The van der Waals surface area contributed by atoms with Crippen molar-refractivity contribution in [1.29, 1.82) is 0 Å². The van der Waals surface area contributed by atoms with Gasteiger partial charge in [0, 0.05) is 0 Å². The standard InChI is InChI=1S/C8H7Cl3N2/c1-4(12)13-5-2-6(9)8(11)7(10)3-5/h2-3H,1H3,(H2,12,13). The molecule has 0 aliphatic rings. The molecular formula is C8H7Cl3N2. The van der Waals surface area contributed by atoms with E-state index in [1.807, 2.05) is 0 Å². The van der Waals surface area contributed by atoms with Crippen molar-refractivity contribution in [3.63, 3.8) is 0 Å². The Morgan fingerprint density at radius 3 is 2.08 bits per heavy atom. The number of hydrogen-bond donors (Lipinski definition) is 1. The van der Waals surface area contributed by atoms with Crippen molar-refractivity contribution in [1.82, 2.24) is 0 Å². The van der Waals surface area contributed by atoms with Crippen LogP contribution in [-0.2, 0) is 0 Å². The van der Waals surface area contributed by atoms with Crippen molar-refractivity contribution in [2.45, 2.75) is 6.92 Å². The molecule has 1 rings (SSSR count). The first-order valence-electron chi connectivity index (χ1n) is 3.46. The van der Waals surface area contributed by atoms with E-state index in [0.717, 1.165) is 0 Å². The Morgan fingerprint density at radius 2 is 1.69 bits per heavy atom. The van der Waals surface area contributed by atoms with Crippen LogP contribution in [0.2, 0.25) is 15.1 Å². The number of nitrogens with two attached hydrogens (primary N) is 1. The van der Waals surface area contributed by atoms with Gasteiger partial charge in [0.2, 0.25) is 0 Å². The lowest BCUT2D eigenvalue weighted by atomic mass is 10.3. The van der Waals surface area contributed by atoms with Crippen LogP contribution in [0.5, 0.6) is 0 Å². The van der Waals surface area contributed by atoms with E-state index in [0.29, 0.717) is 26.6 Å². The summed E-state index contributed by atoms with van der Waals surface area (Å²) in [6.45, 7) is 1.68. The lowest BCUT2D eigenvalue weighted by Gasteiger charge is -2.01. The van der Waals surface area contributed by atoms with E-state index < -0.39 is 0 Å². The molecule has 2 nitrogen and oxygen atoms in total. The van der Waals surface area contributed by atoms with Crippen LogP contribution in [0, 0.1) is 0 Å². The van der Waals surface area contributed by atoms with Gasteiger partial charge >= 0.3 is 0 Å². The molecule has 2 N–H and O–H groups in total. The number of hydrogen-bond acceptors (Lipinski definition) is 1. The summed E-state index contributed by atoms with van der Waals surface area (Å²) in [5.74, 6) is 0.439. The van der Waals surface area contributed by atoms with Crippen molar-refractivity contribution in [2.24, 2.45) is 10.7 Å². The smallest absolute Gasteiger partial charge is 0.0964 e. The maximum absolute atomic E-state index is 5.78. The number of aliphatic imine (C=N–C) groups is 1. The second-order valence-corrected chi connectivity index (χ2v) is 3.67. The Bertz CT molecular complexity index is 333. The van der Waals surface area contributed by atoms with Gasteiger partial charge in [-0.25, -0.2) is 4.99 Å². The van der Waals surface area contributed by atoms with Crippen molar-refractivity contribution in [3.8, 4) is 0 Å². The minimum Gasteiger partial charge on any atom is -0.387 e. The van der Waals surface area contributed by atoms with Gasteiger partial charge in [-0.2, -0.15) is 0 Å². The van der Waals surface area contributed by atoms with E-state index in [1.54, 1.807) is 19.1 Å². The third-order valence-corrected chi connectivity index (χ3v) is 2.47. The summed E-state index contributed by atoms with van der Waals surface area (Å²) in [4.78, 5) is 3.99. The van der Waals surface area contributed by atoms with Crippen LogP contribution >= 0.6 is 34.8 Å². The minimum absolute atomic E-state index is 0.331. The van der Waals surface area contributed by atoms with E-state index in [9.17, 15) is 0 Å². The Morgan fingerprint density at radius 1 is 1.23 bits per heavy atom. The van der Waals surface area contributed by atoms with Crippen molar-refractivity contribution >= 4 is 46.3 Å². The van der Waals surface area contributed by atoms with E-state index in [4.69, 9.17) is 40.5 Å². The van der Waals surface area contributed by atoms with Crippen LogP contribution in [0.15, 0.2) is 17.1 Å². The number of halogens is 3. The zero-order valence-corrected chi connectivity index (χ0v) is 9.08. The highest BCUT2D eigenvalue weighted by Crippen LogP contribution is 2.34. The summed E-state index contributed by atoms with van der Waals surface area (Å²) < 4.78 is 0. The highest BCUT2D eigenvalue weighted by Gasteiger charge is 2.04. The van der Waals surface area contributed by atoms with E-state index >= 15 is 0 Å². The summed E-state index contributed by atoms with van der Waals surface area (Å²) in [7, 11) is 0. The fourth-order valence-electron chi connectivity index (χ4n) is 0.810. The highest BCUT2D eigenvalue weighted by atomic mass is 35.5. The predicted molar refractivity (Wildman–Crippen MR) is 58.4 cm³/mol. The first-order valence-corrected chi connectivity index (χ1v) is 4.59. The highest BCUT2D eigenvalue weighted by molar-refractivity contribution is 6.48. The molecule has 0 heterocycles. The summed E-state index contributed by atoms with van der Waals surface area (Å²) in [5, 5.41) is 1.07. The summed E-state index contributed by atoms with van der Waals surface area (Å²) >= 11 is 17.3. The van der Waals surface area contributed by atoms with Crippen LogP contribution in [0.25, 0.3) is 0 Å². The third-order valence-electron chi connectivity index (χ3n) is 1.27. The maximum atomic E-state index is 5.78. The Hall–Kier alpha value is -0.440. The fourth-order valence-corrected chi connectivity index (χ4v) is 1.39. The monoisotopic (exact) mass is 236 g/mol. The molecule has 0 saturated carbocycles. The van der Waals surface area contributed by atoms with Crippen molar-refractivity contribution in [2.75, 3.05) is 0 Å². The van der Waals surface area contributed by atoms with Gasteiger partial charge in [-0.15, -0.1) is 0 Å². The first-order chi connectivity index (χ1) is 6.00. The summed E-state index contributed by atoms with van der Waals surface area (Å²) in [5.41, 5.74) is 5.99. The molecule has 0 amide bonds. The van der Waals surface area contributed by atoms with Crippen LogP contribution < -0.4 is 5.73 Å². The molecule has 13 heavy (non-hydrogen) atoms. The minimum atomic E-state index is 0.331. The molecule has 0 spiro atoms. The van der Waals surface area contributed by atoms with Gasteiger partial charge in [-0.05, 0) is 19.1 Å². The lowest BCUT2D eigenvalue weighted by molar-refractivity contribution is 1.45. The van der Waals surface area contributed by atoms with E-state index in [1.165, 1.54) is 0 Å². The third kappa shape index (κ3) is 2.76. The normalized spacial score (nSPS) is 11.8.